The molecule has 35 heavy (non-hydrogen) atoms. The molecular weight excluding hydrogens is 452 g/mol. The zero-order chi connectivity index (χ0) is 25.4. The SMILES string of the molecule is COc1cc2nc([N+]3(C(=O)C4CCCO4)CCNC(C(=O)NC(C)(C)C)C3)nc(N)c2cc1OC. The van der Waals surface area contributed by atoms with Crippen molar-refractivity contribution in [3.63, 3.8) is 0 Å². The van der Waals surface area contributed by atoms with Crippen molar-refractivity contribution in [3.8, 4) is 11.5 Å². The minimum atomic E-state index is -0.612. The zero-order valence-electron chi connectivity index (χ0n) is 21.0. The Bertz CT molecular complexity index is 1130. The van der Waals surface area contributed by atoms with Crippen molar-refractivity contribution < 1.29 is 23.8 Å². The highest BCUT2D eigenvalue weighted by Crippen LogP contribution is 2.36. The number of aromatic nitrogens is 2. The van der Waals surface area contributed by atoms with Crippen molar-refractivity contribution in [1.82, 2.24) is 25.1 Å². The highest BCUT2D eigenvalue weighted by Gasteiger charge is 2.52. The first kappa shape index (κ1) is 25.1. The number of amides is 2. The molecule has 190 valence electrons. The molecule has 2 aliphatic rings. The molecule has 11 nitrogen and oxygen atoms in total. The smallest absolute Gasteiger partial charge is 0.350 e. The Kier molecular flexibility index (Phi) is 6.85. The van der Waals surface area contributed by atoms with E-state index in [-0.39, 0.29) is 34.6 Å². The van der Waals surface area contributed by atoms with Gasteiger partial charge < -0.3 is 25.3 Å². The molecule has 3 atom stereocenters. The van der Waals surface area contributed by atoms with Gasteiger partial charge in [0.15, 0.2) is 17.6 Å². The molecule has 2 fully saturated rings. The summed E-state index contributed by atoms with van der Waals surface area (Å²) in [6, 6.07) is 2.82. The fourth-order valence-corrected chi connectivity index (χ4v) is 4.72. The van der Waals surface area contributed by atoms with Gasteiger partial charge in [0.25, 0.3) is 0 Å². The van der Waals surface area contributed by atoms with Crippen molar-refractivity contribution in [2.24, 2.45) is 0 Å². The van der Waals surface area contributed by atoms with Crippen LogP contribution in [0.15, 0.2) is 12.1 Å². The number of ether oxygens (including phenoxy) is 3. The number of fused-ring (bicyclic) bond motifs is 1. The fraction of sp³-hybridized carbons (Fsp3) is 0.583. The first-order chi connectivity index (χ1) is 16.6. The van der Waals surface area contributed by atoms with E-state index in [2.05, 4.69) is 15.6 Å². The summed E-state index contributed by atoms with van der Waals surface area (Å²) >= 11 is 0. The summed E-state index contributed by atoms with van der Waals surface area (Å²) in [5, 5.41) is 6.85. The van der Waals surface area contributed by atoms with E-state index in [1.807, 2.05) is 20.8 Å². The second-order valence-electron chi connectivity index (χ2n) is 10.1. The Labute approximate surface area is 204 Å². The first-order valence-corrected chi connectivity index (χ1v) is 11.9. The summed E-state index contributed by atoms with van der Waals surface area (Å²) in [7, 11) is 3.08. The Morgan fingerprint density at radius 1 is 1.20 bits per heavy atom. The van der Waals surface area contributed by atoms with E-state index in [1.54, 1.807) is 26.4 Å². The van der Waals surface area contributed by atoms with Crippen molar-refractivity contribution in [2.75, 3.05) is 46.2 Å². The van der Waals surface area contributed by atoms with Gasteiger partial charge in [-0.3, -0.25) is 10.1 Å². The maximum absolute atomic E-state index is 14.0. The van der Waals surface area contributed by atoms with Gasteiger partial charge in [0.05, 0.1) is 19.7 Å². The molecule has 3 unspecified atom stereocenters. The second kappa shape index (κ2) is 9.56. The number of nitrogens with one attached hydrogen (secondary N) is 2. The number of anilines is 1. The number of piperazine rings is 1. The van der Waals surface area contributed by atoms with Gasteiger partial charge in [-0.15, -0.1) is 0 Å². The van der Waals surface area contributed by atoms with Crippen LogP contribution in [-0.4, -0.2) is 79.9 Å². The lowest BCUT2D eigenvalue weighted by Crippen LogP contribution is -2.71. The maximum Gasteiger partial charge on any atom is 0.350 e. The third-order valence-corrected chi connectivity index (χ3v) is 6.42. The van der Waals surface area contributed by atoms with E-state index in [0.29, 0.717) is 48.5 Å². The van der Waals surface area contributed by atoms with Crippen molar-refractivity contribution >= 4 is 34.5 Å². The Morgan fingerprint density at radius 2 is 1.91 bits per heavy atom. The van der Waals surface area contributed by atoms with Crippen molar-refractivity contribution in [2.45, 2.75) is 51.3 Å². The molecule has 2 amide bonds. The predicted molar refractivity (Wildman–Crippen MR) is 132 cm³/mol. The monoisotopic (exact) mass is 487 g/mol. The van der Waals surface area contributed by atoms with E-state index in [1.165, 1.54) is 0 Å². The molecule has 1 aromatic carbocycles. The lowest BCUT2D eigenvalue weighted by molar-refractivity contribution is -0.142. The number of carbonyl (C=O) groups excluding carboxylic acids is 2. The minimum Gasteiger partial charge on any atom is -0.493 e. The Hall–Kier alpha value is -3.02. The van der Waals surface area contributed by atoms with Gasteiger partial charge >= 0.3 is 11.9 Å². The van der Waals surface area contributed by atoms with Crippen LogP contribution in [0, 0.1) is 0 Å². The van der Waals surface area contributed by atoms with E-state index in [9.17, 15) is 9.59 Å². The van der Waals surface area contributed by atoms with Crippen LogP contribution in [0.3, 0.4) is 0 Å². The van der Waals surface area contributed by atoms with E-state index >= 15 is 0 Å². The van der Waals surface area contributed by atoms with E-state index in [4.69, 9.17) is 24.9 Å². The number of rotatable bonds is 5. The van der Waals surface area contributed by atoms with Gasteiger partial charge in [-0.2, -0.15) is 14.5 Å². The van der Waals surface area contributed by atoms with E-state index < -0.39 is 17.7 Å². The summed E-state index contributed by atoms with van der Waals surface area (Å²) in [5.41, 5.74) is 6.49. The molecule has 0 aliphatic carbocycles. The number of methoxy groups -OCH3 is 2. The van der Waals surface area contributed by atoms with Gasteiger partial charge in [-0.05, 0) is 39.7 Å². The van der Waals surface area contributed by atoms with Crippen LogP contribution in [0.2, 0.25) is 0 Å². The normalized spacial score (nSPS) is 24.8. The fourth-order valence-electron chi connectivity index (χ4n) is 4.72. The third-order valence-electron chi connectivity index (χ3n) is 6.42. The molecule has 1 aromatic heterocycles. The molecule has 4 rings (SSSR count). The molecule has 4 N–H and O–H groups in total. The largest absolute Gasteiger partial charge is 0.493 e. The number of nitrogens with two attached hydrogens (primary N) is 1. The van der Waals surface area contributed by atoms with Crippen molar-refractivity contribution in [3.05, 3.63) is 12.1 Å². The number of hydrogen-bond donors (Lipinski definition) is 3. The summed E-state index contributed by atoms with van der Waals surface area (Å²) in [4.78, 5) is 36.4. The summed E-state index contributed by atoms with van der Waals surface area (Å²) < 4.78 is 16.4. The molecule has 2 saturated heterocycles. The van der Waals surface area contributed by atoms with E-state index in [0.717, 1.165) is 6.42 Å². The molecule has 0 radical (unpaired) electrons. The van der Waals surface area contributed by atoms with Crippen LogP contribution in [-0.2, 0) is 14.3 Å². The molecule has 2 aromatic rings. The molecule has 3 heterocycles. The Balaban J connectivity index is 1.82. The number of carbonyl (C=O) groups is 2. The molecule has 2 aliphatic heterocycles. The number of benzene rings is 1. The minimum absolute atomic E-state index is 0.152. The van der Waals surface area contributed by atoms with Crippen LogP contribution < -0.4 is 30.3 Å². The highest BCUT2D eigenvalue weighted by atomic mass is 16.5. The average molecular weight is 488 g/mol. The quantitative estimate of drug-likeness (QED) is 0.530. The molecular formula is C24H35N6O5+. The third kappa shape index (κ3) is 4.89. The summed E-state index contributed by atoms with van der Waals surface area (Å²) in [5.74, 6) is 1.12. The number of hydrogen-bond acceptors (Lipinski definition) is 9. The molecule has 0 bridgehead atoms. The number of nitrogen functional groups attached to an aromatic ring is 1. The maximum atomic E-state index is 14.0. The van der Waals surface area contributed by atoms with Gasteiger partial charge in [-0.1, -0.05) is 0 Å². The average Bonchev–Trinajstić information content (AvgIpc) is 3.36. The number of nitrogens with zero attached hydrogens (tertiary/aromatic N) is 3. The predicted octanol–water partition coefficient (Wildman–Crippen LogP) is 1.13. The first-order valence-electron chi connectivity index (χ1n) is 11.9. The van der Waals surface area contributed by atoms with Crippen LogP contribution >= 0.6 is 0 Å². The molecule has 11 heteroatoms. The van der Waals surface area contributed by atoms with Crippen LogP contribution in [0.1, 0.15) is 33.6 Å². The standard InChI is InChI=1S/C24H34N6O5/c1-24(2,3)29-21(31)16-13-30(9-8-26-16,22(32)17-7-6-10-35-17)23-27-15-12-19(34-5)18(33-4)11-14(15)20(25)28-23/h11-12,16-17,26H,6-10,13H2,1-5H3,(H2-,25,27,28,29,31)/p+1. The lowest BCUT2D eigenvalue weighted by Gasteiger charge is -2.41. The van der Waals surface area contributed by atoms with Crippen LogP contribution in [0.4, 0.5) is 11.8 Å². The van der Waals surface area contributed by atoms with Crippen molar-refractivity contribution in [1.29, 1.82) is 0 Å². The van der Waals surface area contributed by atoms with Crippen LogP contribution in [0.25, 0.3) is 10.9 Å². The zero-order valence-corrected chi connectivity index (χ0v) is 21.0. The van der Waals surface area contributed by atoms with Gasteiger partial charge in [-0.25, -0.2) is 4.79 Å². The van der Waals surface area contributed by atoms with Gasteiger partial charge in [0, 0.05) is 30.1 Å². The second-order valence-corrected chi connectivity index (χ2v) is 10.1. The van der Waals surface area contributed by atoms with Gasteiger partial charge in [0.2, 0.25) is 5.91 Å². The highest BCUT2D eigenvalue weighted by molar-refractivity contribution is 5.96. The lowest BCUT2D eigenvalue weighted by atomic mass is 10.0. The topological polar surface area (TPSA) is 138 Å². The van der Waals surface area contributed by atoms with Crippen LogP contribution in [0.5, 0.6) is 11.5 Å². The van der Waals surface area contributed by atoms with Gasteiger partial charge in [0.1, 0.15) is 24.9 Å². The molecule has 0 spiro atoms. The summed E-state index contributed by atoms with van der Waals surface area (Å²) in [6.07, 6.45) is 0.852. The summed E-state index contributed by atoms with van der Waals surface area (Å²) in [6.45, 7) is 7.23. The Morgan fingerprint density at radius 3 is 2.54 bits per heavy atom. The number of quaternary nitrogens is 1. The molecule has 0 saturated carbocycles.